The Labute approximate surface area is 185 Å². The molecule has 0 radical (unpaired) electrons. The van der Waals surface area contributed by atoms with Crippen LogP contribution in [-0.4, -0.2) is 84.7 Å². The number of fused-ring (bicyclic) bond motifs is 2. The monoisotopic (exact) mass is 446 g/mol. The number of nitrogen functional groups attached to an aromatic ring is 1. The third kappa shape index (κ3) is 4.95. The molecule has 32 heavy (non-hydrogen) atoms. The highest BCUT2D eigenvalue weighted by Gasteiger charge is 2.49. The molecule has 2 aliphatic carbocycles. The van der Waals surface area contributed by atoms with Crippen molar-refractivity contribution in [1.29, 1.82) is 0 Å². The van der Waals surface area contributed by atoms with Crippen molar-refractivity contribution in [2.45, 2.75) is 31.1 Å². The maximum absolute atomic E-state index is 9.13. The molecule has 0 aromatic carbocycles. The van der Waals surface area contributed by atoms with Gasteiger partial charge in [0.15, 0.2) is 0 Å². The summed E-state index contributed by atoms with van der Waals surface area (Å²) in [4.78, 5) is 26.6. The van der Waals surface area contributed by atoms with Crippen molar-refractivity contribution in [3.63, 3.8) is 0 Å². The molecule has 2 aliphatic rings. The third-order valence-corrected chi connectivity index (χ3v) is 5.98. The Hall–Kier alpha value is -2.90. The number of rotatable bonds is 11. The lowest BCUT2D eigenvalue weighted by atomic mass is 9.79. The van der Waals surface area contributed by atoms with E-state index < -0.39 is 0 Å². The van der Waals surface area contributed by atoms with Gasteiger partial charge in [-0.1, -0.05) is 0 Å². The highest BCUT2D eigenvalue weighted by molar-refractivity contribution is 5.37. The number of nitrogens with zero attached hydrogens (tertiary/aromatic N) is 6. The van der Waals surface area contributed by atoms with Gasteiger partial charge in [0.2, 0.25) is 23.8 Å². The van der Waals surface area contributed by atoms with Gasteiger partial charge in [-0.25, -0.2) is 0 Å². The molecular weight excluding hydrogens is 416 g/mol. The second-order valence-electron chi connectivity index (χ2n) is 8.12. The summed E-state index contributed by atoms with van der Waals surface area (Å²) in [5.41, 5.74) is 5.92. The predicted molar refractivity (Wildman–Crippen MR) is 117 cm³/mol. The van der Waals surface area contributed by atoms with Crippen LogP contribution in [0.15, 0.2) is 0 Å². The van der Waals surface area contributed by atoms with Crippen LogP contribution in [0.5, 0.6) is 0 Å². The van der Waals surface area contributed by atoms with Crippen LogP contribution in [0.25, 0.3) is 0 Å². The van der Waals surface area contributed by atoms with E-state index in [1.165, 1.54) is 0 Å². The number of nitrogens with two attached hydrogens (primary N) is 1. The molecule has 8 N–H and O–H groups in total. The molecule has 2 saturated carbocycles. The fraction of sp³-hybridized carbons (Fsp3) is 0.684. The summed E-state index contributed by atoms with van der Waals surface area (Å²) in [6, 6.07) is 0. The minimum Gasteiger partial charge on any atom is -0.395 e. The summed E-state index contributed by atoms with van der Waals surface area (Å²) in [5.74, 6) is 3.63. The van der Waals surface area contributed by atoms with Gasteiger partial charge in [0.05, 0.1) is 19.8 Å². The Balaban J connectivity index is 1.59. The van der Waals surface area contributed by atoms with Crippen LogP contribution in [0.1, 0.15) is 42.7 Å². The Kier molecular flexibility index (Phi) is 7.07. The number of anilines is 4. The van der Waals surface area contributed by atoms with Crippen molar-refractivity contribution in [3.05, 3.63) is 11.6 Å². The van der Waals surface area contributed by atoms with Crippen LogP contribution in [0.2, 0.25) is 0 Å². The molecule has 4 atom stereocenters. The molecule has 2 bridgehead atoms. The molecule has 174 valence electrons. The van der Waals surface area contributed by atoms with Crippen molar-refractivity contribution in [2.75, 3.05) is 61.1 Å². The molecule has 2 aromatic rings. The van der Waals surface area contributed by atoms with Crippen LogP contribution < -0.4 is 21.7 Å². The first-order valence-electron chi connectivity index (χ1n) is 10.9. The molecule has 4 rings (SSSR count). The van der Waals surface area contributed by atoms with Crippen molar-refractivity contribution in [2.24, 2.45) is 11.8 Å². The zero-order valence-electron chi connectivity index (χ0n) is 17.8. The number of hydrogen-bond donors (Lipinski definition) is 7. The van der Waals surface area contributed by atoms with Crippen LogP contribution in [0, 0.1) is 11.8 Å². The second kappa shape index (κ2) is 10.1. The van der Waals surface area contributed by atoms with Crippen LogP contribution in [0.4, 0.5) is 23.8 Å². The van der Waals surface area contributed by atoms with E-state index in [1.54, 1.807) is 0 Å². The van der Waals surface area contributed by atoms with E-state index >= 15 is 0 Å². The summed E-state index contributed by atoms with van der Waals surface area (Å²) in [7, 11) is 0. The molecule has 0 spiro atoms. The smallest absolute Gasteiger partial charge is 0.227 e. The average Bonchev–Trinajstić information content (AvgIpc) is 3.41. The van der Waals surface area contributed by atoms with Gasteiger partial charge in [-0.2, -0.15) is 29.9 Å². The third-order valence-electron chi connectivity index (χ3n) is 5.98. The summed E-state index contributed by atoms with van der Waals surface area (Å²) < 4.78 is 0. The Morgan fingerprint density at radius 2 is 1.12 bits per heavy atom. The summed E-state index contributed by atoms with van der Waals surface area (Å²) >= 11 is 0. The first kappa shape index (κ1) is 22.3. The van der Waals surface area contributed by atoms with E-state index in [9.17, 15) is 0 Å². The second-order valence-corrected chi connectivity index (χ2v) is 8.12. The number of aliphatic hydroxyl groups is 3. The summed E-state index contributed by atoms with van der Waals surface area (Å²) in [6.07, 6.45) is 2.98. The van der Waals surface area contributed by atoms with Gasteiger partial charge >= 0.3 is 0 Å². The van der Waals surface area contributed by atoms with Gasteiger partial charge < -0.3 is 37.0 Å². The van der Waals surface area contributed by atoms with Gasteiger partial charge in [0.1, 0.15) is 11.6 Å². The van der Waals surface area contributed by atoms with Crippen LogP contribution in [0.3, 0.4) is 0 Å². The lowest BCUT2D eigenvalue weighted by Crippen LogP contribution is -2.24. The van der Waals surface area contributed by atoms with Crippen LogP contribution >= 0.6 is 0 Å². The average molecular weight is 447 g/mol. The van der Waals surface area contributed by atoms with Gasteiger partial charge in [-0.05, 0) is 31.1 Å². The summed E-state index contributed by atoms with van der Waals surface area (Å²) in [6.45, 7) is 0.885. The fourth-order valence-electron chi connectivity index (χ4n) is 4.82. The molecule has 2 aromatic heterocycles. The Bertz CT molecular complexity index is 891. The Morgan fingerprint density at radius 3 is 1.59 bits per heavy atom. The summed E-state index contributed by atoms with van der Waals surface area (Å²) in [5, 5.41) is 36.3. The molecule has 13 heteroatoms. The number of aliphatic hydroxyl groups excluding tert-OH is 3. The number of aromatic nitrogens is 6. The fourth-order valence-corrected chi connectivity index (χ4v) is 4.82. The SMILES string of the molecule is Nc1nc(NCCO)nc(C2CC3CC(c4nc(NCCO)nc(NCCO)n4)C2C3)n1. The minimum absolute atomic E-state index is 0.0319. The molecule has 2 heterocycles. The van der Waals surface area contributed by atoms with Crippen molar-refractivity contribution in [1.82, 2.24) is 29.9 Å². The molecule has 13 nitrogen and oxygen atoms in total. The number of hydrogen-bond acceptors (Lipinski definition) is 13. The van der Waals surface area contributed by atoms with Gasteiger partial charge in [-0.15, -0.1) is 0 Å². The zero-order valence-corrected chi connectivity index (χ0v) is 17.8. The molecule has 4 unspecified atom stereocenters. The normalized spacial score (nSPS) is 24.0. The van der Waals surface area contributed by atoms with E-state index in [2.05, 4.69) is 45.9 Å². The largest absolute Gasteiger partial charge is 0.395 e. The predicted octanol–water partition coefficient (Wildman–Crippen LogP) is -0.851. The standard InChI is InChI=1S/C19H30N10O3/c20-16-24-14(25-17(28-16)21-1-4-30)12-8-10-7-11(12)13(9-10)15-26-18(22-2-5-31)29-19(27-15)23-3-6-32/h10-13,30-32H,1-9H2,(H3,20,21,24,25,28)(H2,22,23,26,27,29). The molecule has 0 aliphatic heterocycles. The quantitative estimate of drug-likeness (QED) is 0.225. The van der Waals surface area contributed by atoms with Gasteiger partial charge in [-0.3, -0.25) is 0 Å². The van der Waals surface area contributed by atoms with E-state index in [-0.39, 0.29) is 43.5 Å². The first-order valence-corrected chi connectivity index (χ1v) is 10.9. The lowest BCUT2D eigenvalue weighted by Gasteiger charge is -2.28. The van der Waals surface area contributed by atoms with Crippen molar-refractivity contribution >= 4 is 23.8 Å². The topological polar surface area (TPSA) is 200 Å². The molecule has 0 amide bonds. The molecule has 0 saturated heterocycles. The van der Waals surface area contributed by atoms with E-state index in [4.69, 9.17) is 21.1 Å². The highest BCUT2D eigenvalue weighted by Crippen LogP contribution is 2.58. The molecule has 2 fully saturated rings. The zero-order chi connectivity index (χ0) is 22.5. The maximum atomic E-state index is 9.13. The Morgan fingerprint density at radius 1 is 0.656 bits per heavy atom. The lowest BCUT2D eigenvalue weighted by molar-refractivity contribution is 0.310. The van der Waals surface area contributed by atoms with Crippen molar-refractivity contribution < 1.29 is 15.3 Å². The number of nitrogens with one attached hydrogen (secondary N) is 3. The van der Waals surface area contributed by atoms with Gasteiger partial charge in [0, 0.05) is 31.5 Å². The highest BCUT2D eigenvalue weighted by atomic mass is 16.3. The van der Waals surface area contributed by atoms with E-state index in [1.807, 2.05) is 0 Å². The van der Waals surface area contributed by atoms with Crippen LogP contribution in [-0.2, 0) is 0 Å². The van der Waals surface area contributed by atoms with Crippen molar-refractivity contribution in [3.8, 4) is 0 Å². The maximum Gasteiger partial charge on any atom is 0.227 e. The van der Waals surface area contributed by atoms with Gasteiger partial charge in [0.25, 0.3) is 0 Å². The van der Waals surface area contributed by atoms with E-state index in [0.717, 1.165) is 19.3 Å². The molecular formula is C19H30N10O3. The first-order chi connectivity index (χ1) is 15.6. The minimum atomic E-state index is -0.0376. The van der Waals surface area contributed by atoms with E-state index in [0.29, 0.717) is 55.0 Å².